The molecule has 0 spiro atoms. The number of sulfonamides is 1. The number of carbonyl (C=O) groups excluding carboxylic acids is 1. The number of amides is 1. The smallest absolute Gasteiger partial charge is 0.255 e. The first-order chi connectivity index (χ1) is 15.4. The fourth-order valence-corrected chi connectivity index (χ4v) is 5.51. The van der Waals surface area contributed by atoms with Crippen LogP contribution in [0.25, 0.3) is 0 Å². The van der Waals surface area contributed by atoms with Crippen molar-refractivity contribution in [3.05, 3.63) is 59.7 Å². The third-order valence-corrected chi connectivity index (χ3v) is 7.88. The average Bonchev–Trinajstić information content (AvgIpc) is 2.84. The summed E-state index contributed by atoms with van der Waals surface area (Å²) in [4.78, 5) is 13.5. The highest BCUT2D eigenvalue weighted by Crippen LogP contribution is 2.30. The molecule has 8 heteroatoms. The molecule has 1 fully saturated rings. The number of carbonyl (C=O) groups is 1. The minimum Gasteiger partial charge on any atom is -0.496 e. The maximum Gasteiger partial charge on any atom is 0.255 e. The number of morpholine rings is 1. The fraction of sp³-hybridized carbons (Fsp3) is 0.458. The molecule has 1 aliphatic heterocycles. The summed E-state index contributed by atoms with van der Waals surface area (Å²) in [7, 11) is -2.26. The summed E-state index contributed by atoms with van der Waals surface area (Å²) < 4.78 is 38.3. The summed E-state index contributed by atoms with van der Waals surface area (Å²) in [5, 5.41) is 3.14. The van der Waals surface area contributed by atoms with E-state index in [0.29, 0.717) is 32.1 Å². The molecule has 174 valence electrons. The summed E-state index contributed by atoms with van der Waals surface area (Å²) in [5.74, 6) is 0.217. The van der Waals surface area contributed by atoms with Crippen LogP contribution in [0.4, 0.5) is 0 Å². The van der Waals surface area contributed by atoms with Crippen LogP contribution < -0.4 is 10.1 Å². The van der Waals surface area contributed by atoms with Gasteiger partial charge in [0.2, 0.25) is 10.0 Å². The number of benzene rings is 2. The molecular formula is C24H32N2O5S. The molecule has 0 aliphatic carbocycles. The van der Waals surface area contributed by atoms with E-state index in [1.54, 1.807) is 0 Å². The molecule has 3 rings (SSSR count). The van der Waals surface area contributed by atoms with Crippen LogP contribution in [0.3, 0.4) is 0 Å². The van der Waals surface area contributed by atoms with Gasteiger partial charge in [-0.1, -0.05) is 57.0 Å². The summed E-state index contributed by atoms with van der Waals surface area (Å²) in [6, 6.07) is 14.1. The van der Waals surface area contributed by atoms with E-state index in [1.807, 2.05) is 30.3 Å². The van der Waals surface area contributed by atoms with Gasteiger partial charge in [0.1, 0.15) is 5.75 Å². The number of nitrogens with one attached hydrogen (secondary N) is 1. The van der Waals surface area contributed by atoms with Crippen molar-refractivity contribution < 1.29 is 22.7 Å². The Kier molecular flexibility index (Phi) is 8.28. The molecule has 0 aromatic heterocycles. The molecule has 32 heavy (non-hydrogen) atoms. The quantitative estimate of drug-likeness (QED) is 0.618. The highest BCUT2D eigenvalue weighted by Gasteiger charge is 2.29. The van der Waals surface area contributed by atoms with Crippen molar-refractivity contribution in [2.24, 2.45) is 5.92 Å². The van der Waals surface area contributed by atoms with E-state index < -0.39 is 10.0 Å². The second-order valence-electron chi connectivity index (χ2n) is 7.82. The highest BCUT2D eigenvalue weighted by molar-refractivity contribution is 7.89. The van der Waals surface area contributed by atoms with Gasteiger partial charge in [-0.3, -0.25) is 4.79 Å². The maximum absolute atomic E-state index is 13.4. The lowest BCUT2D eigenvalue weighted by atomic mass is 9.88. The monoisotopic (exact) mass is 460 g/mol. The summed E-state index contributed by atoms with van der Waals surface area (Å²) in [6.45, 7) is 5.51. The molecule has 0 radical (unpaired) electrons. The van der Waals surface area contributed by atoms with Crippen molar-refractivity contribution in [1.29, 1.82) is 0 Å². The average molecular weight is 461 g/mol. The number of ether oxygens (including phenoxy) is 2. The minimum absolute atomic E-state index is 0.0733. The third-order valence-electron chi connectivity index (χ3n) is 5.99. The lowest BCUT2D eigenvalue weighted by Gasteiger charge is -2.28. The van der Waals surface area contributed by atoms with E-state index >= 15 is 0 Å². The highest BCUT2D eigenvalue weighted by atomic mass is 32.2. The minimum atomic E-state index is -3.73. The van der Waals surface area contributed by atoms with Crippen LogP contribution in [0.1, 0.15) is 48.7 Å². The number of hydrogen-bond acceptors (Lipinski definition) is 5. The Morgan fingerprint density at radius 3 is 2.34 bits per heavy atom. The SMILES string of the molecule is CCC(CC)[C@@H](NC(=O)c1cc(S(=O)(=O)N2CCOCC2)ccc1OC)c1ccccc1. The third kappa shape index (κ3) is 5.31. The molecule has 1 saturated heterocycles. The fourth-order valence-electron chi connectivity index (χ4n) is 4.07. The molecule has 7 nitrogen and oxygen atoms in total. The molecule has 1 amide bonds. The summed E-state index contributed by atoms with van der Waals surface area (Å²) in [6.07, 6.45) is 1.80. The molecule has 2 aromatic rings. The van der Waals surface area contributed by atoms with E-state index in [4.69, 9.17) is 9.47 Å². The van der Waals surface area contributed by atoms with Gasteiger partial charge < -0.3 is 14.8 Å². The molecule has 1 aliphatic rings. The Morgan fingerprint density at radius 2 is 1.75 bits per heavy atom. The Morgan fingerprint density at radius 1 is 1.09 bits per heavy atom. The Hall–Kier alpha value is -2.42. The standard InChI is InChI=1S/C24H32N2O5S/c1-4-18(5-2)23(19-9-7-6-8-10-19)25-24(27)21-17-20(11-12-22(21)30-3)32(28,29)26-13-15-31-16-14-26/h6-12,17-18,23H,4-5,13-16H2,1-3H3,(H,25,27)/t23-/m1/s1. The van der Waals surface area contributed by atoms with Crippen LogP contribution >= 0.6 is 0 Å². The first-order valence-electron chi connectivity index (χ1n) is 11.0. The van der Waals surface area contributed by atoms with E-state index in [1.165, 1.54) is 29.6 Å². The molecule has 2 aromatic carbocycles. The normalized spacial score (nSPS) is 16.0. The summed E-state index contributed by atoms with van der Waals surface area (Å²) in [5.41, 5.74) is 1.22. The molecule has 0 unspecified atom stereocenters. The van der Waals surface area contributed by atoms with Gasteiger partial charge in [0.25, 0.3) is 5.91 Å². The molecule has 0 bridgehead atoms. The number of methoxy groups -OCH3 is 1. The lowest BCUT2D eigenvalue weighted by molar-refractivity contribution is 0.0730. The maximum atomic E-state index is 13.4. The van der Waals surface area contributed by atoms with Gasteiger partial charge in [-0.15, -0.1) is 0 Å². The molecule has 1 atom stereocenters. The lowest BCUT2D eigenvalue weighted by Crippen LogP contribution is -2.40. The second-order valence-corrected chi connectivity index (χ2v) is 9.75. The van der Waals surface area contributed by atoms with Crippen LogP contribution in [-0.4, -0.2) is 52.0 Å². The van der Waals surface area contributed by atoms with Gasteiger partial charge in [-0.25, -0.2) is 8.42 Å². The number of nitrogens with zero attached hydrogens (tertiary/aromatic N) is 1. The first-order valence-corrected chi connectivity index (χ1v) is 12.5. The second kappa shape index (κ2) is 10.9. The van der Waals surface area contributed by atoms with Crippen molar-refractivity contribution in [2.75, 3.05) is 33.4 Å². The van der Waals surface area contributed by atoms with Crippen molar-refractivity contribution in [3.8, 4) is 5.75 Å². The van der Waals surface area contributed by atoms with E-state index in [0.717, 1.165) is 18.4 Å². The van der Waals surface area contributed by atoms with Gasteiger partial charge in [-0.2, -0.15) is 4.31 Å². The van der Waals surface area contributed by atoms with Crippen molar-refractivity contribution in [2.45, 2.75) is 37.6 Å². The van der Waals surface area contributed by atoms with Gasteiger partial charge in [0.15, 0.2) is 0 Å². The van der Waals surface area contributed by atoms with Gasteiger partial charge in [-0.05, 0) is 29.7 Å². The summed E-state index contributed by atoms with van der Waals surface area (Å²) >= 11 is 0. The van der Waals surface area contributed by atoms with Crippen LogP contribution in [0, 0.1) is 5.92 Å². The zero-order chi connectivity index (χ0) is 23.1. The van der Waals surface area contributed by atoms with E-state index in [9.17, 15) is 13.2 Å². The molecule has 1 N–H and O–H groups in total. The number of rotatable bonds is 9. The zero-order valence-corrected chi connectivity index (χ0v) is 19.7. The Labute approximate surface area is 190 Å². The van der Waals surface area contributed by atoms with Gasteiger partial charge in [0.05, 0.1) is 36.8 Å². The predicted octanol–water partition coefficient (Wildman–Crippen LogP) is 3.62. The number of hydrogen-bond donors (Lipinski definition) is 1. The predicted molar refractivity (Wildman–Crippen MR) is 123 cm³/mol. The van der Waals surface area contributed by atoms with Gasteiger partial charge >= 0.3 is 0 Å². The van der Waals surface area contributed by atoms with Crippen LogP contribution in [-0.2, 0) is 14.8 Å². The van der Waals surface area contributed by atoms with Crippen molar-refractivity contribution >= 4 is 15.9 Å². The van der Waals surface area contributed by atoms with Gasteiger partial charge in [0, 0.05) is 13.1 Å². The van der Waals surface area contributed by atoms with Crippen LogP contribution in [0.5, 0.6) is 5.75 Å². The molecule has 0 saturated carbocycles. The van der Waals surface area contributed by atoms with Crippen molar-refractivity contribution in [3.63, 3.8) is 0 Å². The Bertz CT molecular complexity index is 1000. The molecular weight excluding hydrogens is 428 g/mol. The van der Waals surface area contributed by atoms with Crippen LogP contribution in [0.2, 0.25) is 0 Å². The first kappa shape index (κ1) is 24.2. The van der Waals surface area contributed by atoms with Crippen molar-refractivity contribution in [1.82, 2.24) is 9.62 Å². The van der Waals surface area contributed by atoms with E-state index in [2.05, 4.69) is 19.2 Å². The molecule has 1 heterocycles. The zero-order valence-electron chi connectivity index (χ0n) is 18.9. The largest absolute Gasteiger partial charge is 0.496 e. The Balaban J connectivity index is 1.94. The van der Waals surface area contributed by atoms with Crippen LogP contribution in [0.15, 0.2) is 53.4 Å². The topological polar surface area (TPSA) is 84.9 Å². The van der Waals surface area contributed by atoms with E-state index in [-0.39, 0.29) is 28.3 Å².